The highest BCUT2D eigenvalue weighted by Gasteiger charge is 2.28. The van der Waals surface area contributed by atoms with Gasteiger partial charge in [-0.15, -0.1) is 0 Å². The Morgan fingerprint density at radius 3 is 2.02 bits per heavy atom. The number of carbonyl (C=O) groups is 2. The van der Waals surface area contributed by atoms with E-state index in [2.05, 4.69) is 6.92 Å². The second-order valence-electron chi connectivity index (χ2n) is 10.4. The maximum absolute atomic E-state index is 13.7. The third kappa shape index (κ3) is 10.7. The van der Waals surface area contributed by atoms with Gasteiger partial charge in [-0.1, -0.05) is 89.0 Å². The summed E-state index contributed by atoms with van der Waals surface area (Å²) in [6, 6.07) is 20.2. The molecule has 0 aliphatic heterocycles. The Balaban J connectivity index is 0.00000560. The molecule has 2 amide bonds. The molecule has 0 N–H and O–H groups in total. The van der Waals surface area contributed by atoms with Gasteiger partial charge in [0, 0.05) is 23.3 Å². The van der Waals surface area contributed by atoms with Gasteiger partial charge >= 0.3 is 0 Å². The number of carbonyl (C=O) groups excluding carboxylic acids is 2. The molecular weight excluding hydrogens is 611 g/mol. The largest absolute Gasteiger partial charge is 1.00 e. The molecule has 0 bridgehead atoms. The van der Waals surface area contributed by atoms with Crippen molar-refractivity contribution in [2.45, 2.75) is 84.6 Å². The van der Waals surface area contributed by atoms with Crippen LogP contribution < -0.4 is 33.3 Å². The van der Waals surface area contributed by atoms with E-state index in [0.29, 0.717) is 17.7 Å². The number of aryl methyl sites for hydroxylation is 2. The van der Waals surface area contributed by atoms with Crippen LogP contribution in [-0.2, 0) is 13.6 Å². The molecule has 0 unspecified atom stereocenters. The summed E-state index contributed by atoms with van der Waals surface area (Å²) in [5.74, 6) is 0.131. The summed E-state index contributed by atoms with van der Waals surface area (Å²) in [5, 5.41) is 0. The highest BCUT2D eigenvalue weighted by Crippen LogP contribution is 2.21. The number of hydrogen-bond donors (Lipinski definition) is 0. The lowest BCUT2D eigenvalue weighted by Crippen LogP contribution is -3.00. The van der Waals surface area contributed by atoms with Crippen LogP contribution in [-0.4, -0.2) is 23.3 Å². The molecule has 0 aliphatic rings. The van der Waals surface area contributed by atoms with Gasteiger partial charge in [0.05, 0.1) is 6.61 Å². The fourth-order valence-corrected chi connectivity index (χ4v) is 4.75. The van der Waals surface area contributed by atoms with E-state index >= 15 is 0 Å². The first-order valence-electron chi connectivity index (χ1n) is 14.6. The maximum Gasteiger partial charge on any atom is 0.261 e. The molecule has 40 heavy (non-hydrogen) atoms. The summed E-state index contributed by atoms with van der Waals surface area (Å²) >= 11 is 0. The van der Waals surface area contributed by atoms with E-state index in [1.807, 2.05) is 73.3 Å². The van der Waals surface area contributed by atoms with Gasteiger partial charge < -0.3 is 28.7 Å². The van der Waals surface area contributed by atoms with Crippen molar-refractivity contribution < 1.29 is 42.9 Å². The van der Waals surface area contributed by atoms with Crippen LogP contribution >= 0.6 is 0 Å². The Bertz CT molecular complexity index is 1180. The number of pyridine rings is 1. The van der Waals surface area contributed by atoms with Crippen molar-refractivity contribution in [3.05, 3.63) is 95.3 Å². The van der Waals surface area contributed by atoms with E-state index in [1.54, 1.807) is 18.2 Å². The number of aromatic nitrogens is 1. The lowest BCUT2D eigenvalue weighted by atomic mass is 10.1. The second-order valence-corrected chi connectivity index (χ2v) is 10.4. The molecule has 6 heteroatoms. The van der Waals surface area contributed by atoms with E-state index in [4.69, 9.17) is 4.74 Å². The number of unbranched alkanes of at least 4 members (excludes halogenated alkanes) is 9. The molecule has 0 saturated heterocycles. The molecule has 216 valence electrons. The van der Waals surface area contributed by atoms with Crippen LogP contribution in [0.25, 0.3) is 0 Å². The van der Waals surface area contributed by atoms with E-state index < -0.39 is 0 Å². The third-order valence-electron chi connectivity index (χ3n) is 7.19. The average Bonchev–Trinajstić information content (AvgIpc) is 2.95. The fourth-order valence-electron chi connectivity index (χ4n) is 4.75. The number of amides is 2. The van der Waals surface area contributed by atoms with E-state index in [0.717, 1.165) is 23.4 Å². The topological polar surface area (TPSA) is 50.5 Å². The Kier molecular flexibility index (Phi) is 15.5. The number of nitrogens with zero attached hydrogens (tertiary/aromatic N) is 2. The molecule has 3 aromatic rings. The summed E-state index contributed by atoms with van der Waals surface area (Å²) in [5.41, 5.74) is 2.65. The highest BCUT2D eigenvalue weighted by molar-refractivity contribution is 6.10. The summed E-state index contributed by atoms with van der Waals surface area (Å²) in [4.78, 5) is 28.5. The van der Waals surface area contributed by atoms with Crippen LogP contribution in [0.3, 0.4) is 0 Å². The summed E-state index contributed by atoms with van der Waals surface area (Å²) in [7, 11) is 1.91. The molecule has 2 aromatic carbocycles. The quantitative estimate of drug-likeness (QED) is 0.0981. The second kappa shape index (κ2) is 18.6. The van der Waals surface area contributed by atoms with Crippen molar-refractivity contribution in [2.24, 2.45) is 7.05 Å². The first kappa shape index (κ1) is 33.5. The van der Waals surface area contributed by atoms with Gasteiger partial charge in [-0.05, 0) is 49.2 Å². The Morgan fingerprint density at radius 1 is 0.775 bits per heavy atom. The molecule has 0 fully saturated rings. The molecule has 0 saturated carbocycles. The number of imide groups is 1. The van der Waals surface area contributed by atoms with Gasteiger partial charge in [0.25, 0.3) is 11.8 Å². The molecule has 1 aromatic heterocycles. The Labute approximate surface area is 258 Å². The molecule has 0 aliphatic carbocycles. The number of benzene rings is 2. The molecule has 1 heterocycles. The fraction of sp³-hybridized carbons (Fsp3) is 0.441. The normalized spacial score (nSPS) is 10.6. The van der Waals surface area contributed by atoms with Crippen LogP contribution in [0.1, 0.15) is 103 Å². The van der Waals surface area contributed by atoms with Gasteiger partial charge in [-0.25, -0.2) is 4.57 Å². The SMILES string of the molecule is CCCCCCCCCCCCOc1ccc(C(=O)N(Cc2cccc[n+]2C)C(=O)c2ccccc2)c(C)c1.[I-]. The summed E-state index contributed by atoms with van der Waals surface area (Å²) in [6.45, 7) is 5.01. The van der Waals surface area contributed by atoms with Gasteiger partial charge in [0.15, 0.2) is 6.20 Å². The van der Waals surface area contributed by atoms with Gasteiger partial charge in [-0.2, -0.15) is 0 Å². The minimum atomic E-state index is -0.315. The van der Waals surface area contributed by atoms with Crippen molar-refractivity contribution in [1.82, 2.24) is 4.90 Å². The molecule has 0 radical (unpaired) electrons. The molecule has 5 nitrogen and oxygen atoms in total. The minimum absolute atomic E-state index is 0. The van der Waals surface area contributed by atoms with Crippen LogP contribution in [0.5, 0.6) is 5.75 Å². The number of hydrogen-bond acceptors (Lipinski definition) is 3. The maximum atomic E-state index is 13.7. The molecule has 0 spiro atoms. The van der Waals surface area contributed by atoms with Crippen molar-refractivity contribution in [1.29, 1.82) is 0 Å². The lowest BCUT2D eigenvalue weighted by molar-refractivity contribution is -0.679. The number of halogens is 1. The Hall–Kier alpha value is -2.74. The zero-order chi connectivity index (χ0) is 27.9. The highest BCUT2D eigenvalue weighted by atomic mass is 127. The smallest absolute Gasteiger partial charge is 0.261 e. The summed E-state index contributed by atoms with van der Waals surface area (Å²) in [6.07, 6.45) is 14.8. The van der Waals surface area contributed by atoms with Gasteiger partial charge in [-0.3, -0.25) is 14.5 Å². The molecular formula is C34H45IN2O3. The van der Waals surface area contributed by atoms with Crippen molar-refractivity contribution >= 4 is 11.8 Å². The third-order valence-corrected chi connectivity index (χ3v) is 7.19. The van der Waals surface area contributed by atoms with Crippen LogP contribution in [0.4, 0.5) is 0 Å². The van der Waals surface area contributed by atoms with Crippen LogP contribution in [0, 0.1) is 6.92 Å². The van der Waals surface area contributed by atoms with Crippen LogP contribution in [0.2, 0.25) is 0 Å². The monoisotopic (exact) mass is 656 g/mol. The zero-order valence-electron chi connectivity index (χ0n) is 24.4. The first-order valence-corrected chi connectivity index (χ1v) is 14.6. The molecule has 3 rings (SSSR count). The van der Waals surface area contributed by atoms with Crippen molar-refractivity contribution in [2.75, 3.05) is 6.61 Å². The lowest BCUT2D eigenvalue weighted by Gasteiger charge is -2.21. The van der Waals surface area contributed by atoms with E-state index in [-0.39, 0.29) is 42.3 Å². The van der Waals surface area contributed by atoms with Gasteiger partial charge in [0.2, 0.25) is 5.69 Å². The van der Waals surface area contributed by atoms with Crippen molar-refractivity contribution in [3.63, 3.8) is 0 Å². The predicted molar refractivity (Wildman–Crippen MR) is 157 cm³/mol. The van der Waals surface area contributed by atoms with Gasteiger partial charge in [0.1, 0.15) is 19.3 Å². The van der Waals surface area contributed by atoms with Crippen LogP contribution in [0.15, 0.2) is 72.9 Å². The molecule has 0 atom stereocenters. The summed E-state index contributed by atoms with van der Waals surface area (Å²) < 4.78 is 7.91. The average molecular weight is 657 g/mol. The first-order chi connectivity index (χ1) is 19.0. The minimum Gasteiger partial charge on any atom is -1.00 e. The predicted octanol–water partition coefficient (Wildman–Crippen LogP) is 4.61. The van der Waals surface area contributed by atoms with Crippen molar-refractivity contribution in [3.8, 4) is 5.75 Å². The van der Waals surface area contributed by atoms with E-state index in [9.17, 15) is 9.59 Å². The number of ether oxygens (including phenoxy) is 1. The number of rotatable bonds is 16. The Morgan fingerprint density at radius 2 is 1.40 bits per heavy atom. The van der Waals surface area contributed by atoms with E-state index in [1.165, 1.54) is 62.7 Å². The standard InChI is InChI=1S/C34H45N2O3.HI/c1-4-5-6-7-8-9-10-11-12-18-25-39-31-22-23-32(28(2)26-31)34(38)36(27-30-21-16-17-24-35(30)3)33(37)29-19-14-13-15-20-29;/h13-17,19-24,26H,4-12,18,25,27H2,1-3H3;1H/q+1;/p-1. The zero-order valence-corrected chi connectivity index (χ0v) is 26.6.